The first kappa shape index (κ1) is 17.8. The lowest BCUT2D eigenvalue weighted by molar-refractivity contribution is 0.102. The number of benzene rings is 2. The minimum Gasteiger partial charge on any atom is -0.506 e. The molecule has 1 amide bonds. The molecule has 8 heteroatoms. The summed E-state index contributed by atoms with van der Waals surface area (Å²) >= 11 is 13.2. The van der Waals surface area contributed by atoms with Gasteiger partial charge in [0.1, 0.15) is 11.5 Å². The molecule has 0 heterocycles. The van der Waals surface area contributed by atoms with Gasteiger partial charge in [-0.25, -0.2) is 0 Å². The van der Waals surface area contributed by atoms with Gasteiger partial charge in [0.25, 0.3) is 5.91 Å². The molecule has 2 N–H and O–H groups in total. The Morgan fingerprint density at radius 3 is 2.18 bits per heavy atom. The summed E-state index contributed by atoms with van der Waals surface area (Å²) in [7, 11) is 1.50. The first-order valence-electron chi connectivity index (χ1n) is 5.86. The highest BCUT2D eigenvalue weighted by Crippen LogP contribution is 2.36. The topological polar surface area (TPSA) is 58.6 Å². The van der Waals surface area contributed by atoms with Crippen molar-refractivity contribution in [1.82, 2.24) is 0 Å². The molecule has 0 saturated carbocycles. The number of hydrogen-bond acceptors (Lipinski definition) is 3. The molecule has 0 radical (unpaired) electrons. The fraction of sp³-hybridized carbons (Fsp3) is 0.0714. The molecule has 2 rings (SSSR count). The molecule has 0 saturated heterocycles. The summed E-state index contributed by atoms with van der Waals surface area (Å²) in [5, 5.41) is 12.5. The van der Waals surface area contributed by atoms with Crippen LogP contribution in [-0.2, 0) is 0 Å². The first-order chi connectivity index (χ1) is 10.3. The van der Waals surface area contributed by atoms with E-state index < -0.39 is 0 Å². The van der Waals surface area contributed by atoms with Crippen molar-refractivity contribution in [3.05, 3.63) is 47.7 Å². The number of rotatable bonds is 3. The highest BCUT2D eigenvalue weighted by atomic mass is 79.9. The number of halogens is 4. The van der Waals surface area contributed by atoms with Crippen molar-refractivity contribution in [2.24, 2.45) is 0 Å². The largest absolute Gasteiger partial charge is 0.506 e. The Labute approximate surface area is 160 Å². The van der Waals surface area contributed by atoms with Crippen molar-refractivity contribution in [2.45, 2.75) is 0 Å². The third-order valence-electron chi connectivity index (χ3n) is 2.73. The minimum atomic E-state index is -0.330. The molecule has 22 heavy (non-hydrogen) atoms. The number of methoxy groups -OCH3 is 1. The zero-order valence-electron chi connectivity index (χ0n) is 11.1. The van der Waals surface area contributed by atoms with E-state index in [1.165, 1.54) is 7.11 Å². The molecule has 0 unspecified atom stereocenters. The Hall–Kier alpha value is -0.570. The number of hydrogen-bond donors (Lipinski definition) is 2. The quantitative estimate of drug-likeness (QED) is 0.475. The van der Waals surface area contributed by atoms with Crippen LogP contribution in [0.4, 0.5) is 5.69 Å². The third kappa shape index (κ3) is 3.84. The van der Waals surface area contributed by atoms with Crippen LogP contribution >= 0.6 is 63.7 Å². The van der Waals surface area contributed by atoms with Crippen LogP contribution in [0.3, 0.4) is 0 Å². The van der Waals surface area contributed by atoms with Gasteiger partial charge in [0, 0.05) is 10.2 Å². The van der Waals surface area contributed by atoms with E-state index in [1.807, 2.05) is 0 Å². The van der Waals surface area contributed by atoms with Crippen molar-refractivity contribution in [1.29, 1.82) is 0 Å². The van der Waals surface area contributed by atoms with Crippen LogP contribution in [0.15, 0.2) is 42.2 Å². The smallest absolute Gasteiger partial charge is 0.259 e. The zero-order chi connectivity index (χ0) is 16.4. The average Bonchev–Trinajstić information content (AvgIpc) is 2.43. The molecule has 0 aliphatic carbocycles. The van der Waals surface area contributed by atoms with Crippen LogP contribution in [0.1, 0.15) is 10.4 Å². The Kier molecular flexibility index (Phi) is 5.93. The predicted molar refractivity (Wildman–Crippen MR) is 99.9 cm³/mol. The Morgan fingerprint density at radius 2 is 1.64 bits per heavy atom. The number of phenolic OH excluding ortho intramolecular Hbond substituents is 1. The van der Waals surface area contributed by atoms with E-state index in [0.29, 0.717) is 30.4 Å². The Morgan fingerprint density at radius 1 is 1.05 bits per heavy atom. The van der Waals surface area contributed by atoms with Crippen molar-refractivity contribution in [2.75, 3.05) is 12.4 Å². The molecule has 0 aromatic heterocycles. The monoisotopic (exact) mass is 555 g/mol. The van der Waals surface area contributed by atoms with Crippen molar-refractivity contribution in [3.8, 4) is 11.5 Å². The van der Waals surface area contributed by atoms with Gasteiger partial charge >= 0.3 is 0 Å². The molecular formula is C14H9Br4NO3. The lowest BCUT2D eigenvalue weighted by Crippen LogP contribution is -2.13. The van der Waals surface area contributed by atoms with Gasteiger partial charge < -0.3 is 15.2 Å². The summed E-state index contributed by atoms with van der Waals surface area (Å²) in [4.78, 5) is 12.5. The molecule has 0 aliphatic heterocycles. The molecular weight excluding hydrogens is 550 g/mol. The number of phenols is 1. The second kappa shape index (κ2) is 7.33. The Balaban J connectivity index is 2.38. The molecule has 0 aliphatic rings. The normalized spacial score (nSPS) is 10.4. The van der Waals surface area contributed by atoms with Crippen molar-refractivity contribution in [3.63, 3.8) is 0 Å². The van der Waals surface area contributed by atoms with Crippen molar-refractivity contribution < 1.29 is 14.6 Å². The summed E-state index contributed by atoms with van der Waals surface area (Å²) < 4.78 is 7.63. The maximum absolute atomic E-state index is 12.5. The molecule has 2 aromatic carbocycles. The number of carbonyl (C=O) groups excluding carboxylic acids is 1. The zero-order valence-corrected chi connectivity index (χ0v) is 17.4. The van der Waals surface area contributed by atoms with E-state index in [2.05, 4.69) is 69.0 Å². The van der Waals surface area contributed by atoms with Crippen molar-refractivity contribution >= 4 is 75.3 Å². The molecule has 0 atom stereocenters. The van der Waals surface area contributed by atoms with Gasteiger partial charge in [-0.2, -0.15) is 0 Å². The van der Waals surface area contributed by atoms with Gasteiger partial charge in [0.05, 0.1) is 26.1 Å². The SMILES string of the molecule is COc1c(Br)cc(Br)cc1C(=O)Nc1cc(Br)c(O)c(Br)c1. The second-order valence-corrected chi connectivity index (χ2v) is 7.69. The highest BCUT2D eigenvalue weighted by molar-refractivity contribution is 9.11. The predicted octanol–water partition coefficient (Wildman–Crippen LogP) is 5.70. The number of ether oxygens (including phenoxy) is 1. The molecule has 116 valence electrons. The van der Waals surface area contributed by atoms with Crippen LogP contribution in [-0.4, -0.2) is 18.1 Å². The Bertz CT molecular complexity index is 726. The van der Waals surface area contributed by atoms with Gasteiger partial charge in [-0.1, -0.05) is 15.9 Å². The molecule has 0 spiro atoms. The van der Waals surface area contributed by atoms with E-state index in [1.54, 1.807) is 24.3 Å². The standard InChI is InChI=1S/C14H9Br4NO3/c1-22-13-8(2-6(15)3-11(13)18)14(21)19-7-4-9(16)12(20)10(17)5-7/h2-5,20H,1H3,(H,19,21). The average molecular weight is 559 g/mol. The summed E-state index contributed by atoms with van der Waals surface area (Å²) in [6.45, 7) is 0. The number of anilines is 1. The van der Waals surface area contributed by atoms with E-state index in [-0.39, 0.29) is 11.7 Å². The van der Waals surface area contributed by atoms with Gasteiger partial charge in [0.2, 0.25) is 0 Å². The number of amides is 1. The van der Waals surface area contributed by atoms with Gasteiger partial charge in [-0.3, -0.25) is 4.79 Å². The fourth-order valence-electron chi connectivity index (χ4n) is 1.77. The molecule has 4 nitrogen and oxygen atoms in total. The van der Waals surface area contributed by atoms with E-state index in [0.717, 1.165) is 4.47 Å². The first-order valence-corrected chi connectivity index (χ1v) is 9.03. The van der Waals surface area contributed by atoms with Crippen LogP contribution in [0, 0.1) is 0 Å². The maximum atomic E-state index is 12.5. The van der Waals surface area contributed by atoms with Gasteiger partial charge in [-0.05, 0) is 72.1 Å². The van der Waals surface area contributed by atoms with E-state index in [4.69, 9.17) is 4.74 Å². The summed E-state index contributed by atoms with van der Waals surface area (Å²) in [6.07, 6.45) is 0. The lowest BCUT2D eigenvalue weighted by atomic mass is 10.2. The van der Waals surface area contributed by atoms with Crippen LogP contribution < -0.4 is 10.1 Å². The number of nitrogens with one attached hydrogen (secondary N) is 1. The van der Waals surface area contributed by atoms with Crippen LogP contribution in [0.5, 0.6) is 11.5 Å². The maximum Gasteiger partial charge on any atom is 0.259 e. The molecule has 0 bridgehead atoms. The lowest BCUT2D eigenvalue weighted by Gasteiger charge is -2.12. The summed E-state index contributed by atoms with van der Waals surface area (Å²) in [5.41, 5.74) is 0.906. The second-order valence-electron chi connectivity index (χ2n) is 4.21. The number of aromatic hydroxyl groups is 1. The number of carbonyl (C=O) groups is 1. The molecule has 2 aromatic rings. The van der Waals surface area contributed by atoms with Gasteiger partial charge in [-0.15, -0.1) is 0 Å². The summed E-state index contributed by atoms with van der Waals surface area (Å²) in [5.74, 6) is 0.182. The van der Waals surface area contributed by atoms with Gasteiger partial charge in [0.15, 0.2) is 0 Å². The van der Waals surface area contributed by atoms with E-state index >= 15 is 0 Å². The van der Waals surface area contributed by atoms with Crippen LogP contribution in [0.25, 0.3) is 0 Å². The fourth-order valence-corrected chi connectivity index (χ4v) is 4.35. The summed E-state index contributed by atoms with van der Waals surface area (Å²) in [6, 6.07) is 6.68. The van der Waals surface area contributed by atoms with E-state index in [9.17, 15) is 9.90 Å². The highest BCUT2D eigenvalue weighted by Gasteiger charge is 2.17. The minimum absolute atomic E-state index is 0.0702. The third-order valence-corrected chi connectivity index (χ3v) is 4.99. The van der Waals surface area contributed by atoms with Crippen LogP contribution in [0.2, 0.25) is 0 Å². The molecule has 0 fully saturated rings.